The Morgan fingerprint density at radius 3 is 2.55 bits per heavy atom. The van der Waals surface area contributed by atoms with Crippen LogP contribution in [0.25, 0.3) is 5.69 Å². The van der Waals surface area contributed by atoms with E-state index in [4.69, 9.17) is 21.1 Å². The fourth-order valence-electron chi connectivity index (χ4n) is 4.30. The minimum absolute atomic E-state index is 0.0597. The Hall–Kier alpha value is -2.52. The van der Waals surface area contributed by atoms with Crippen molar-refractivity contribution in [1.29, 1.82) is 0 Å². The molecule has 3 rings (SSSR count). The fourth-order valence-corrected chi connectivity index (χ4v) is 6.20. The number of sulfone groups is 1. The number of halogens is 1. The van der Waals surface area contributed by atoms with Crippen molar-refractivity contribution < 1.29 is 27.5 Å². The summed E-state index contributed by atoms with van der Waals surface area (Å²) in [4.78, 5) is 27.4. The first kappa shape index (κ1) is 25.1. The van der Waals surface area contributed by atoms with Crippen LogP contribution >= 0.6 is 11.6 Å². The van der Waals surface area contributed by atoms with Gasteiger partial charge in [0.2, 0.25) is 0 Å². The van der Waals surface area contributed by atoms with Gasteiger partial charge in [-0.25, -0.2) is 13.2 Å². The zero-order valence-electron chi connectivity index (χ0n) is 19.4. The molecule has 0 spiro atoms. The molecular formula is C23H29ClN2O6S. The summed E-state index contributed by atoms with van der Waals surface area (Å²) >= 11 is 6.18. The lowest BCUT2D eigenvalue weighted by molar-refractivity contribution is -0.141. The molecule has 2 atom stereocenters. The standard InChI is InChI=1S/C23H29ClN2O6S/c1-6-25(18-9-10-33(29,30)13-18)22(27)16(4)32-23(28)19-11-14(2)26(15(19)3)20-12-17(24)7-8-21(20)31-5/h7-8,11-12,16,18H,6,9-10,13H2,1-5H3/t16-,18+/m1/s1. The Morgan fingerprint density at radius 1 is 1.27 bits per heavy atom. The lowest BCUT2D eigenvalue weighted by Crippen LogP contribution is -2.46. The van der Waals surface area contributed by atoms with E-state index in [-0.39, 0.29) is 11.5 Å². The van der Waals surface area contributed by atoms with Gasteiger partial charge in [0.15, 0.2) is 15.9 Å². The molecule has 10 heteroatoms. The van der Waals surface area contributed by atoms with Gasteiger partial charge in [0.1, 0.15) is 5.75 Å². The lowest BCUT2D eigenvalue weighted by Gasteiger charge is -2.29. The van der Waals surface area contributed by atoms with Crippen molar-refractivity contribution in [1.82, 2.24) is 9.47 Å². The molecule has 0 aliphatic carbocycles. The molecule has 180 valence electrons. The molecule has 2 aromatic rings. The number of carbonyl (C=O) groups is 2. The predicted octanol–water partition coefficient (Wildman–Crippen LogP) is 3.34. The van der Waals surface area contributed by atoms with Crippen molar-refractivity contribution >= 4 is 33.3 Å². The average molecular weight is 497 g/mol. The number of aromatic nitrogens is 1. The van der Waals surface area contributed by atoms with E-state index < -0.39 is 33.9 Å². The number of rotatable bonds is 7. The summed E-state index contributed by atoms with van der Waals surface area (Å²) in [6.07, 6.45) is -0.657. The normalized spacial score (nSPS) is 18.1. The quantitative estimate of drug-likeness (QED) is 0.545. The van der Waals surface area contributed by atoms with Crippen molar-refractivity contribution in [2.75, 3.05) is 25.2 Å². The van der Waals surface area contributed by atoms with Gasteiger partial charge in [-0.05, 0) is 58.4 Å². The summed E-state index contributed by atoms with van der Waals surface area (Å²) in [5, 5.41) is 0.523. The Labute approximate surface area is 199 Å². The maximum atomic E-state index is 13.0. The summed E-state index contributed by atoms with van der Waals surface area (Å²) in [5.74, 6) is -0.441. The maximum absolute atomic E-state index is 13.0. The van der Waals surface area contributed by atoms with Gasteiger partial charge in [-0.1, -0.05) is 11.6 Å². The number of hydrogen-bond acceptors (Lipinski definition) is 6. The Balaban J connectivity index is 1.82. The minimum Gasteiger partial charge on any atom is -0.495 e. The molecule has 8 nitrogen and oxygen atoms in total. The van der Waals surface area contributed by atoms with Crippen LogP contribution < -0.4 is 4.74 Å². The first-order valence-electron chi connectivity index (χ1n) is 10.7. The fraction of sp³-hybridized carbons (Fsp3) is 0.478. The highest BCUT2D eigenvalue weighted by Crippen LogP contribution is 2.31. The third-order valence-corrected chi connectivity index (χ3v) is 7.92. The van der Waals surface area contributed by atoms with E-state index in [0.717, 1.165) is 5.69 Å². The zero-order valence-corrected chi connectivity index (χ0v) is 21.0. The topological polar surface area (TPSA) is 94.9 Å². The molecule has 0 unspecified atom stereocenters. The maximum Gasteiger partial charge on any atom is 0.340 e. The van der Waals surface area contributed by atoms with E-state index in [1.807, 2.05) is 11.5 Å². The predicted molar refractivity (Wildman–Crippen MR) is 126 cm³/mol. The first-order chi connectivity index (χ1) is 15.5. The Kier molecular flexibility index (Phi) is 7.43. The molecule has 1 aliphatic rings. The molecule has 1 aliphatic heterocycles. The molecule has 1 aromatic carbocycles. The highest BCUT2D eigenvalue weighted by Gasteiger charge is 2.36. The SMILES string of the molecule is CCN(C(=O)[C@@H](C)OC(=O)c1cc(C)n(-c2cc(Cl)ccc2OC)c1C)[C@H]1CCS(=O)(=O)C1. The van der Waals surface area contributed by atoms with E-state index in [9.17, 15) is 18.0 Å². The molecule has 0 N–H and O–H groups in total. The monoisotopic (exact) mass is 496 g/mol. The van der Waals surface area contributed by atoms with E-state index >= 15 is 0 Å². The van der Waals surface area contributed by atoms with Gasteiger partial charge in [0.25, 0.3) is 5.91 Å². The number of likely N-dealkylation sites (N-methyl/N-ethyl adjacent to an activating group) is 1. The van der Waals surface area contributed by atoms with Gasteiger partial charge >= 0.3 is 5.97 Å². The van der Waals surface area contributed by atoms with Crippen molar-refractivity contribution in [2.24, 2.45) is 0 Å². The van der Waals surface area contributed by atoms with Crippen LogP contribution in [0.4, 0.5) is 0 Å². The molecule has 1 fully saturated rings. The van der Waals surface area contributed by atoms with E-state index in [1.165, 1.54) is 11.8 Å². The summed E-state index contributed by atoms with van der Waals surface area (Å²) in [5.41, 5.74) is 2.39. The third kappa shape index (κ3) is 5.19. The molecule has 33 heavy (non-hydrogen) atoms. The molecule has 0 bridgehead atoms. The van der Waals surface area contributed by atoms with Gasteiger partial charge < -0.3 is 18.9 Å². The molecular weight excluding hydrogens is 468 g/mol. The van der Waals surface area contributed by atoms with Crippen LogP contribution in [0.3, 0.4) is 0 Å². The largest absolute Gasteiger partial charge is 0.495 e. The molecule has 0 radical (unpaired) electrons. The molecule has 1 amide bonds. The second kappa shape index (κ2) is 9.77. The van der Waals surface area contributed by atoms with Crippen LogP contribution in [-0.4, -0.2) is 67.1 Å². The zero-order chi connectivity index (χ0) is 24.5. The number of carbonyl (C=O) groups excluding carboxylic acids is 2. The average Bonchev–Trinajstić information content (AvgIpc) is 3.26. The number of methoxy groups -OCH3 is 1. The van der Waals surface area contributed by atoms with Gasteiger partial charge in [-0.3, -0.25) is 4.79 Å². The summed E-state index contributed by atoms with van der Waals surface area (Å²) in [7, 11) is -1.59. The summed E-state index contributed by atoms with van der Waals surface area (Å²) in [6.45, 7) is 7.25. The van der Waals surface area contributed by atoms with Crippen LogP contribution in [-0.2, 0) is 19.4 Å². The highest BCUT2D eigenvalue weighted by molar-refractivity contribution is 7.91. The molecule has 1 aromatic heterocycles. The van der Waals surface area contributed by atoms with Gasteiger partial charge in [0, 0.05) is 29.0 Å². The van der Waals surface area contributed by atoms with Crippen molar-refractivity contribution in [3.05, 3.63) is 46.2 Å². The highest BCUT2D eigenvalue weighted by atomic mass is 35.5. The van der Waals surface area contributed by atoms with Crippen LogP contribution in [0, 0.1) is 13.8 Å². The molecule has 2 heterocycles. The minimum atomic E-state index is -3.14. The van der Waals surface area contributed by atoms with Crippen LogP contribution in [0.2, 0.25) is 5.02 Å². The van der Waals surface area contributed by atoms with Gasteiger partial charge in [-0.15, -0.1) is 0 Å². The summed E-state index contributed by atoms with van der Waals surface area (Å²) in [6, 6.07) is 6.51. The third-order valence-electron chi connectivity index (χ3n) is 5.94. The van der Waals surface area contributed by atoms with Crippen molar-refractivity contribution in [2.45, 2.75) is 46.3 Å². The van der Waals surface area contributed by atoms with Crippen molar-refractivity contribution in [3.63, 3.8) is 0 Å². The number of amides is 1. The number of hydrogen-bond donors (Lipinski definition) is 0. The number of ether oxygens (including phenoxy) is 2. The number of esters is 1. The van der Waals surface area contributed by atoms with Crippen LogP contribution in [0.1, 0.15) is 42.0 Å². The van der Waals surface area contributed by atoms with Gasteiger partial charge in [0.05, 0.1) is 29.9 Å². The van der Waals surface area contributed by atoms with Gasteiger partial charge in [-0.2, -0.15) is 0 Å². The Bertz CT molecular complexity index is 1170. The van der Waals surface area contributed by atoms with E-state index in [0.29, 0.717) is 40.7 Å². The van der Waals surface area contributed by atoms with E-state index in [1.54, 1.807) is 45.2 Å². The first-order valence-corrected chi connectivity index (χ1v) is 12.9. The second-order valence-corrected chi connectivity index (χ2v) is 10.8. The van der Waals surface area contributed by atoms with E-state index in [2.05, 4.69) is 0 Å². The Morgan fingerprint density at radius 2 is 1.97 bits per heavy atom. The van der Waals surface area contributed by atoms with Crippen LogP contribution in [0.5, 0.6) is 5.75 Å². The number of aryl methyl sites for hydroxylation is 1. The lowest BCUT2D eigenvalue weighted by atomic mass is 10.2. The number of nitrogens with zero attached hydrogens (tertiary/aromatic N) is 2. The second-order valence-electron chi connectivity index (χ2n) is 8.17. The molecule has 1 saturated heterocycles. The summed E-state index contributed by atoms with van der Waals surface area (Å²) < 4.78 is 36.5. The number of benzene rings is 1. The van der Waals surface area contributed by atoms with Crippen molar-refractivity contribution in [3.8, 4) is 11.4 Å². The smallest absolute Gasteiger partial charge is 0.340 e. The molecule has 0 saturated carbocycles. The van der Waals surface area contributed by atoms with Crippen LogP contribution in [0.15, 0.2) is 24.3 Å².